The topological polar surface area (TPSA) is 90.5 Å². The Balaban J connectivity index is 1.98. The number of halogens is 3. The number of hydrogen-bond donors (Lipinski definition) is 4. The lowest BCUT2D eigenvalue weighted by Gasteiger charge is -2.27. The Morgan fingerprint density at radius 1 is 1.00 bits per heavy atom. The molecular weight excluding hydrogens is 457 g/mol. The number of carbonyl (C=O) groups excluding carboxylic acids is 1. The van der Waals surface area contributed by atoms with Crippen LogP contribution in [0.25, 0.3) is 6.08 Å². The molecule has 29 heavy (non-hydrogen) atoms. The first-order chi connectivity index (χ1) is 13.6. The minimum atomic E-state index is -1.89. The molecule has 0 bridgehead atoms. The van der Waals surface area contributed by atoms with Crippen LogP contribution in [0.2, 0.25) is 0 Å². The fraction of sp³-hybridized carbons (Fsp3) is 0.105. The molecule has 0 saturated heterocycles. The molecule has 0 aliphatic carbocycles. The summed E-state index contributed by atoms with van der Waals surface area (Å²) in [6.07, 6.45) is 1.80. The highest BCUT2D eigenvalue weighted by Crippen LogP contribution is 2.29. The van der Waals surface area contributed by atoms with Gasteiger partial charge < -0.3 is 21.1 Å². The molecule has 0 radical (unpaired) electrons. The second-order valence-electron chi connectivity index (χ2n) is 5.71. The van der Waals surface area contributed by atoms with Crippen LogP contribution < -0.4 is 16.0 Å². The average molecular weight is 473 g/mol. The fourth-order valence-electron chi connectivity index (χ4n) is 2.12. The molecule has 0 saturated carbocycles. The normalized spacial score (nSPS) is 12.2. The molecule has 1 atom stereocenters. The molecule has 0 heterocycles. The van der Waals surface area contributed by atoms with E-state index < -0.39 is 21.8 Å². The molecule has 1 amide bonds. The van der Waals surface area contributed by atoms with Crippen molar-refractivity contribution in [2.24, 2.45) is 0 Å². The molecule has 2 rings (SSSR count). The van der Waals surface area contributed by atoms with Gasteiger partial charge in [-0.1, -0.05) is 65.1 Å². The summed E-state index contributed by atoms with van der Waals surface area (Å²) in [7, 11) is 0. The van der Waals surface area contributed by atoms with Crippen LogP contribution >= 0.6 is 47.0 Å². The average Bonchev–Trinajstić information content (AvgIpc) is 2.66. The highest BCUT2D eigenvalue weighted by molar-refractivity contribution is 7.80. The summed E-state index contributed by atoms with van der Waals surface area (Å²) in [5.41, 5.74) is 1.49. The van der Waals surface area contributed by atoms with Gasteiger partial charge in [0.15, 0.2) is 5.11 Å². The summed E-state index contributed by atoms with van der Waals surface area (Å²) in [4.78, 5) is 23.1. The predicted octanol–water partition coefficient (Wildman–Crippen LogP) is 4.20. The van der Waals surface area contributed by atoms with Crippen molar-refractivity contribution < 1.29 is 14.7 Å². The fourth-order valence-corrected chi connectivity index (χ4v) is 2.68. The Labute approximate surface area is 187 Å². The van der Waals surface area contributed by atoms with Crippen molar-refractivity contribution in [3.63, 3.8) is 0 Å². The van der Waals surface area contributed by atoms with Gasteiger partial charge in [0.1, 0.15) is 6.17 Å². The number of alkyl halides is 3. The smallest absolute Gasteiger partial charge is 0.335 e. The maximum atomic E-state index is 12.2. The van der Waals surface area contributed by atoms with E-state index in [1.807, 2.05) is 30.3 Å². The molecule has 0 aliphatic rings. The zero-order chi connectivity index (χ0) is 21.4. The third kappa shape index (κ3) is 7.91. The lowest BCUT2D eigenvalue weighted by molar-refractivity contribution is -0.117. The number of rotatable bonds is 6. The first kappa shape index (κ1) is 23.0. The molecule has 152 valence electrons. The Hall–Kier alpha value is -2.32. The standard InChI is InChI=1S/C19H16Cl3N3O3S/c20-19(21,22)17(24-15(26)11-6-12-4-2-1-3-5-12)25-18(29)23-14-9-7-13(8-10-14)16(27)28/h1-11,17H,(H,24,26)(H,27,28)(H2,23,25,29)/b11-6-/t17-/m0/s1. The highest BCUT2D eigenvalue weighted by Gasteiger charge is 2.34. The molecular formula is C19H16Cl3N3O3S. The number of anilines is 1. The summed E-state index contributed by atoms with van der Waals surface area (Å²) >= 11 is 23.0. The molecule has 0 fully saturated rings. The van der Waals surface area contributed by atoms with Crippen molar-refractivity contribution in [3.05, 3.63) is 71.8 Å². The van der Waals surface area contributed by atoms with E-state index in [1.165, 1.54) is 30.3 Å². The zero-order valence-corrected chi connectivity index (χ0v) is 17.8. The number of carboxylic acid groups (broad SMARTS) is 1. The molecule has 4 N–H and O–H groups in total. The van der Waals surface area contributed by atoms with Gasteiger partial charge in [-0.2, -0.15) is 0 Å². The van der Waals surface area contributed by atoms with Crippen molar-refractivity contribution in [3.8, 4) is 0 Å². The van der Waals surface area contributed by atoms with E-state index in [4.69, 9.17) is 52.1 Å². The number of carbonyl (C=O) groups is 2. The quantitative estimate of drug-likeness (QED) is 0.218. The number of thiocarbonyl (C=S) groups is 1. The lowest BCUT2D eigenvalue weighted by atomic mass is 10.2. The van der Waals surface area contributed by atoms with E-state index in [1.54, 1.807) is 6.08 Å². The van der Waals surface area contributed by atoms with Crippen LogP contribution in [-0.2, 0) is 4.79 Å². The number of nitrogens with one attached hydrogen (secondary N) is 3. The van der Waals surface area contributed by atoms with Crippen LogP contribution in [0.4, 0.5) is 5.69 Å². The van der Waals surface area contributed by atoms with Crippen LogP contribution in [0.3, 0.4) is 0 Å². The van der Waals surface area contributed by atoms with Crippen LogP contribution in [0, 0.1) is 0 Å². The van der Waals surface area contributed by atoms with E-state index in [9.17, 15) is 9.59 Å². The number of benzene rings is 2. The maximum absolute atomic E-state index is 12.2. The van der Waals surface area contributed by atoms with E-state index in [0.29, 0.717) is 5.69 Å². The zero-order valence-electron chi connectivity index (χ0n) is 14.7. The third-order valence-electron chi connectivity index (χ3n) is 3.51. The maximum Gasteiger partial charge on any atom is 0.335 e. The second-order valence-corrected chi connectivity index (χ2v) is 8.49. The van der Waals surface area contributed by atoms with Crippen LogP contribution in [0.15, 0.2) is 60.7 Å². The lowest BCUT2D eigenvalue weighted by Crippen LogP contribution is -2.55. The van der Waals surface area contributed by atoms with Gasteiger partial charge in [-0.3, -0.25) is 4.79 Å². The van der Waals surface area contributed by atoms with Crippen LogP contribution in [0.1, 0.15) is 15.9 Å². The summed E-state index contributed by atoms with van der Waals surface area (Å²) in [6, 6.07) is 15.1. The molecule has 2 aromatic rings. The molecule has 0 spiro atoms. The van der Waals surface area contributed by atoms with Gasteiger partial charge in [0, 0.05) is 11.8 Å². The third-order valence-corrected chi connectivity index (χ3v) is 4.38. The largest absolute Gasteiger partial charge is 0.478 e. The molecule has 0 aromatic heterocycles. The van der Waals surface area contributed by atoms with Gasteiger partial charge in [0.2, 0.25) is 9.70 Å². The molecule has 6 nitrogen and oxygen atoms in total. The van der Waals surface area contributed by atoms with Crippen molar-refractivity contribution in [1.82, 2.24) is 10.6 Å². The highest BCUT2D eigenvalue weighted by atomic mass is 35.6. The Bertz CT molecular complexity index is 900. The Morgan fingerprint density at radius 2 is 1.62 bits per heavy atom. The minimum absolute atomic E-state index is 0.0664. The molecule has 2 aromatic carbocycles. The first-order valence-electron chi connectivity index (χ1n) is 8.16. The van der Waals surface area contributed by atoms with Crippen molar-refractivity contribution in [2.45, 2.75) is 9.96 Å². The SMILES string of the molecule is O=C(/C=C\c1ccccc1)N[C@@H](NC(=S)Nc1ccc(C(=O)O)cc1)C(Cl)(Cl)Cl. The first-order valence-corrected chi connectivity index (χ1v) is 9.70. The Morgan fingerprint density at radius 3 is 2.17 bits per heavy atom. The van der Waals surface area contributed by atoms with Gasteiger partial charge in [-0.15, -0.1) is 0 Å². The number of hydrogen-bond acceptors (Lipinski definition) is 3. The summed E-state index contributed by atoms with van der Waals surface area (Å²) in [5.74, 6) is -1.54. The van der Waals surface area contributed by atoms with Crippen molar-refractivity contribution in [2.75, 3.05) is 5.32 Å². The summed E-state index contributed by atoms with van der Waals surface area (Å²) in [5, 5.41) is 17.1. The van der Waals surface area contributed by atoms with Crippen molar-refractivity contribution in [1.29, 1.82) is 0 Å². The monoisotopic (exact) mass is 471 g/mol. The molecule has 0 unspecified atom stereocenters. The summed E-state index contributed by atoms with van der Waals surface area (Å²) < 4.78 is -1.89. The van der Waals surface area contributed by atoms with E-state index in [0.717, 1.165) is 5.56 Å². The van der Waals surface area contributed by atoms with Crippen molar-refractivity contribution >= 4 is 75.8 Å². The van der Waals surface area contributed by atoms with Gasteiger partial charge in [0.05, 0.1) is 5.56 Å². The minimum Gasteiger partial charge on any atom is -0.478 e. The second kappa shape index (κ2) is 10.5. The Kier molecular flexibility index (Phi) is 8.28. The van der Waals surface area contributed by atoms with Gasteiger partial charge >= 0.3 is 5.97 Å². The van der Waals surface area contributed by atoms with Gasteiger partial charge in [-0.05, 0) is 48.1 Å². The molecule has 10 heteroatoms. The van der Waals surface area contributed by atoms with E-state index in [2.05, 4.69) is 16.0 Å². The predicted molar refractivity (Wildman–Crippen MR) is 120 cm³/mol. The van der Waals surface area contributed by atoms with E-state index >= 15 is 0 Å². The van der Waals surface area contributed by atoms with Gasteiger partial charge in [-0.25, -0.2) is 4.79 Å². The van der Waals surface area contributed by atoms with Crippen LogP contribution in [-0.4, -0.2) is 32.1 Å². The number of carboxylic acids is 1. The number of aromatic carboxylic acids is 1. The number of amides is 1. The summed E-state index contributed by atoms with van der Waals surface area (Å²) in [6.45, 7) is 0. The van der Waals surface area contributed by atoms with Gasteiger partial charge in [0.25, 0.3) is 0 Å². The van der Waals surface area contributed by atoms with Crippen LogP contribution in [0.5, 0.6) is 0 Å². The molecule has 0 aliphatic heterocycles. The van der Waals surface area contributed by atoms with E-state index in [-0.39, 0.29) is 10.7 Å².